The number of amides is 10. The van der Waals surface area contributed by atoms with Crippen LogP contribution < -0.4 is 48.3 Å². The highest BCUT2D eigenvalue weighted by atomic mass is 16.4. The molecule has 0 aliphatic carbocycles. The standard InChI is InChI=1S/C52H67N23O12/c53-13-42(76)68-36(9-30-16-56-24-64-30)47(82)72-38(11-32-18-58-26-66-32)51(86)74-5-1-3-40(74)49(84)70-34(7-28-14-54-22-62-28)45(80)60-20-43(77)69-37(10-31-17-57-25-65-31)48(83)73-39(12-33-19-59-27-67-33)52(87)75-6-2-4-41(75)50(85)71-35(8-29-15-55-23-63-29)46(81)61-21-44(78)79/h14-19,22-27,34-41H,1-13,20-21,53H2,(H,54,62)(H,55,63)(H,56,64)(H,57,65)(H,58,66)(H,59,67)(H,60,80)(H,61,81)(H,68,76)(H,69,77)(H,70,84)(H,71,85)(H,72,82)(H,73,83)(H,78,79)/t34-,35-,36-,37-,38-,39-,40-,41-/m0/s1. The summed E-state index contributed by atoms with van der Waals surface area (Å²) in [5, 5.41) is 30.0. The molecule has 0 saturated carbocycles. The summed E-state index contributed by atoms with van der Waals surface area (Å²) in [6, 6.07) is -10.1. The lowest BCUT2D eigenvalue weighted by Crippen LogP contribution is -2.60. The number of rotatable bonds is 31. The quantitative estimate of drug-likeness (QED) is 0.0193. The Balaban J connectivity index is 0.932. The molecule has 8 heterocycles. The van der Waals surface area contributed by atoms with Crippen molar-refractivity contribution < 1.29 is 57.8 Å². The molecule has 6 aromatic rings. The smallest absolute Gasteiger partial charge is 0.322 e. The number of carbonyl (C=O) groups is 11. The van der Waals surface area contributed by atoms with Crippen LogP contribution in [0.4, 0.5) is 0 Å². The third kappa shape index (κ3) is 17.7. The number of aliphatic carboxylic acids is 1. The first-order valence-corrected chi connectivity index (χ1v) is 27.7. The zero-order chi connectivity index (χ0) is 61.8. The second-order valence-electron chi connectivity index (χ2n) is 20.6. The lowest BCUT2D eigenvalue weighted by molar-refractivity contribution is -0.142. The molecule has 8 rings (SSSR count). The predicted molar refractivity (Wildman–Crippen MR) is 298 cm³/mol. The molecule has 17 N–H and O–H groups in total. The first-order chi connectivity index (χ1) is 42.0. The van der Waals surface area contributed by atoms with Gasteiger partial charge in [0.05, 0.1) is 51.1 Å². The topological polar surface area (TPSA) is 509 Å². The monoisotopic (exact) mass is 1210 g/mol. The van der Waals surface area contributed by atoms with Crippen LogP contribution in [-0.2, 0) is 91.3 Å². The Bertz CT molecular complexity index is 3260. The number of imidazole rings is 6. The van der Waals surface area contributed by atoms with Crippen molar-refractivity contribution in [3.05, 3.63) is 109 Å². The highest BCUT2D eigenvalue weighted by molar-refractivity contribution is 5.99. The van der Waals surface area contributed by atoms with Crippen LogP contribution in [0.25, 0.3) is 0 Å². The largest absolute Gasteiger partial charge is 0.480 e. The minimum Gasteiger partial charge on any atom is -0.480 e. The van der Waals surface area contributed by atoms with E-state index in [0.717, 1.165) is 0 Å². The molecule has 0 spiro atoms. The van der Waals surface area contributed by atoms with Gasteiger partial charge in [-0.25, -0.2) is 29.9 Å². The van der Waals surface area contributed by atoms with Crippen molar-refractivity contribution in [3.8, 4) is 0 Å². The van der Waals surface area contributed by atoms with Gasteiger partial charge in [-0.15, -0.1) is 0 Å². The van der Waals surface area contributed by atoms with Crippen LogP contribution in [0.5, 0.6) is 0 Å². The third-order valence-corrected chi connectivity index (χ3v) is 14.4. The molecule has 0 radical (unpaired) electrons. The van der Waals surface area contributed by atoms with Crippen LogP contribution in [-0.4, -0.2) is 221 Å². The highest BCUT2D eigenvalue weighted by Crippen LogP contribution is 2.22. The number of carboxylic acids is 1. The summed E-state index contributed by atoms with van der Waals surface area (Å²) in [7, 11) is 0. The van der Waals surface area contributed by atoms with Crippen LogP contribution in [0.15, 0.2) is 75.1 Å². The maximum atomic E-state index is 14.6. The molecule has 35 heteroatoms. The average Bonchev–Trinajstić information content (AvgIpc) is 2.50. The molecule has 0 bridgehead atoms. The first kappa shape index (κ1) is 62.4. The van der Waals surface area contributed by atoms with Crippen molar-refractivity contribution in [2.24, 2.45) is 5.73 Å². The molecular weight excluding hydrogens is 1140 g/mol. The zero-order valence-electron chi connectivity index (χ0n) is 46.7. The van der Waals surface area contributed by atoms with Crippen LogP contribution in [0.2, 0.25) is 0 Å². The lowest BCUT2D eigenvalue weighted by atomic mass is 10.1. The maximum absolute atomic E-state index is 14.6. The molecule has 2 aliphatic heterocycles. The van der Waals surface area contributed by atoms with Crippen molar-refractivity contribution in [3.63, 3.8) is 0 Å². The van der Waals surface area contributed by atoms with Gasteiger partial charge in [0.25, 0.3) is 0 Å². The highest BCUT2D eigenvalue weighted by Gasteiger charge is 2.42. The molecule has 2 saturated heterocycles. The average molecular weight is 1210 g/mol. The van der Waals surface area contributed by atoms with Gasteiger partial charge in [0.1, 0.15) is 54.9 Å². The predicted octanol–water partition coefficient (Wildman–Crippen LogP) is -6.05. The molecule has 87 heavy (non-hydrogen) atoms. The van der Waals surface area contributed by atoms with E-state index in [1.807, 2.05) is 0 Å². The van der Waals surface area contributed by atoms with Crippen LogP contribution in [0, 0.1) is 0 Å². The molecule has 35 nitrogen and oxygen atoms in total. The zero-order valence-corrected chi connectivity index (χ0v) is 46.7. The van der Waals surface area contributed by atoms with Gasteiger partial charge in [0.15, 0.2) is 0 Å². The van der Waals surface area contributed by atoms with Crippen molar-refractivity contribution in [2.75, 3.05) is 32.7 Å². The molecule has 2 fully saturated rings. The molecule has 0 unspecified atom stereocenters. The Morgan fingerprint density at radius 1 is 0.437 bits per heavy atom. The summed E-state index contributed by atoms with van der Waals surface area (Å²) in [4.78, 5) is 195. The van der Waals surface area contributed by atoms with Gasteiger partial charge in [-0.1, -0.05) is 0 Å². The number of carbonyl (C=O) groups excluding carboxylic acids is 10. The van der Waals surface area contributed by atoms with Crippen molar-refractivity contribution >= 4 is 65.0 Å². The van der Waals surface area contributed by atoms with Gasteiger partial charge in [0, 0.05) is 123 Å². The number of aromatic amines is 6. The Labute approximate surface area is 494 Å². The fourth-order valence-corrected chi connectivity index (χ4v) is 10.1. The number of hydrogen-bond donors (Lipinski definition) is 16. The normalized spacial score (nSPS) is 16.7. The molecule has 462 valence electrons. The summed E-state index contributed by atoms with van der Waals surface area (Å²) < 4.78 is 0. The fourth-order valence-electron chi connectivity index (χ4n) is 10.1. The SMILES string of the molecule is NCC(=O)N[C@@H](Cc1cnc[nH]1)C(=O)N[C@@H](Cc1cnc[nH]1)C(=O)N1CCC[C@H]1C(=O)N[C@@H](Cc1cnc[nH]1)C(=O)NCC(=O)N[C@@H](Cc1cnc[nH]1)C(=O)N[C@@H](Cc1cnc[nH]1)C(=O)N1CCC[C@H]1C(=O)N[C@@H](Cc1cnc[nH]1)C(=O)NCC(=O)O. The number of nitrogens with two attached hydrogens (primary N) is 1. The molecule has 0 aromatic carbocycles. The molecular formula is C52H67N23O12. The van der Waals surface area contributed by atoms with Gasteiger partial charge >= 0.3 is 5.97 Å². The van der Waals surface area contributed by atoms with Gasteiger partial charge in [-0.3, -0.25) is 52.7 Å². The number of likely N-dealkylation sites (tertiary alicyclic amines) is 2. The second-order valence-corrected chi connectivity index (χ2v) is 20.6. The van der Waals surface area contributed by atoms with Gasteiger partial charge in [-0.2, -0.15) is 0 Å². The number of nitrogens with one attached hydrogen (secondary N) is 14. The van der Waals surface area contributed by atoms with E-state index >= 15 is 0 Å². The van der Waals surface area contributed by atoms with E-state index in [0.29, 0.717) is 47.0 Å². The van der Waals surface area contributed by atoms with Gasteiger partial charge in [0.2, 0.25) is 59.1 Å². The first-order valence-electron chi connectivity index (χ1n) is 27.7. The van der Waals surface area contributed by atoms with E-state index in [4.69, 9.17) is 5.73 Å². The fraction of sp³-hybridized carbons (Fsp3) is 0.442. The maximum Gasteiger partial charge on any atom is 0.322 e. The van der Waals surface area contributed by atoms with Crippen LogP contribution >= 0.6 is 0 Å². The summed E-state index contributed by atoms with van der Waals surface area (Å²) in [5.74, 6) is -8.79. The van der Waals surface area contributed by atoms with Crippen molar-refractivity contribution in [1.29, 1.82) is 0 Å². The van der Waals surface area contributed by atoms with Crippen LogP contribution in [0.3, 0.4) is 0 Å². The number of hydrogen-bond acceptors (Lipinski definition) is 18. The van der Waals surface area contributed by atoms with E-state index in [1.165, 1.54) is 84.9 Å². The molecule has 2 aliphatic rings. The Kier molecular flexibility index (Phi) is 21.7. The van der Waals surface area contributed by atoms with E-state index in [1.54, 1.807) is 0 Å². The minimum absolute atomic E-state index is 0.0249. The summed E-state index contributed by atoms with van der Waals surface area (Å²) in [6.45, 7) is -1.68. The molecule has 8 atom stereocenters. The van der Waals surface area contributed by atoms with Gasteiger partial charge < -0.3 is 93.1 Å². The number of aromatic nitrogens is 12. The lowest BCUT2D eigenvalue weighted by Gasteiger charge is -2.30. The van der Waals surface area contributed by atoms with Gasteiger partial charge in [-0.05, 0) is 25.7 Å². The van der Waals surface area contributed by atoms with E-state index in [-0.39, 0.29) is 64.5 Å². The third-order valence-electron chi connectivity index (χ3n) is 14.4. The Morgan fingerprint density at radius 2 is 0.747 bits per heavy atom. The van der Waals surface area contributed by atoms with Crippen LogP contribution in [0.1, 0.15) is 59.8 Å². The van der Waals surface area contributed by atoms with E-state index in [9.17, 15) is 57.8 Å². The van der Waals surface area contributed by atoms with Crippen molar-refractivity contribution in [2.45, 2.75) is 113 Å². The second kappa shape index (κ2) is 30.3. The number of carboxylic acid groups (broad SMARTS) is 1. The summed E-state index contributed by atoms with van der Waals surface area (Å²) in [6.07, 6.45) is 17.3. The Morgan fingerprint density at radius 3 is 1.06 bits per heavy atom. The molecule has 6 aromatic heterocycles. The van der Waals surface area contributed by atoms with E-state index < -0.39 is 133 Å². The summed E-state index contributed by atoms with van der Waals surface area (Å²) >= 11 is 0. The van der Waals surface area contributed by atoms with Crippen molar-refractivity contribution in [1.82, 2.24) is 112 Å². The number of H-pyrrole nitrogens is 6. The van der Waals surface area contributed by atoms with E-state index in [2.05, 4.69) is 102 Å². The minimum atomic E-state index is -1.42. The molecule has 10 amide bonds. The summed E-state index contributed by atoms with van der Waals surface area (Å²) in [5.41, 5.74) is 8.22. The Hall–Kier alpha value is -10.6. The number of nitrogens with zero attached hydrogens (tertiary/aromatic N) is 8.